The summed E-state index contributed by atoms with van der Waals surface area (Å²) in [6, 6.07) is 14.7. The number of hydrogen-bond acceptors (Lipinski definition) is 3. The van der Waals surface area contributed by atoms with Gasteiger partial charge in [-0.05, 0) is 30.3 Å². The Hall–Kier alpha value is -1.69. The van der Waals surface area contributed by atoms with Crippen LogP contribution in [0.25, 0.3) is 0 Å². The van der Waals surface area contributed by atoms with E-state index < -0.39 is 0 Å². The first-order chi connectivity index (χ1) is 12.5. The van der Waals surface area contributed by atoms with Crippen LogP contribution in [0.2, 0.25) is 10.0 Å². The Kier molecular flexibility index (Phi) is 6.46. The third-order valence-electron chi connectivity index (χ3n) is 4.19. The smallest absolute Gasteiger partial charge is 0.255 e. The van der Waals surface area contributed by atoms with Gasteiger partial charge < -0.3 is 9.80 Å². The Morgan fingerprint density at radius 2 is 1.58 bits per heavy atom. The molecule has 0 atom stereocenters. The highest BCUT2D eigenvalue weighted by Crippen LogP contribution is 2.23. The first kappa shape index (κ1) is 19.1. The fourth-order valence-electron chi connectivity index (χ4n) is 2.75. The molecule has 1 saturated heterocycles. The number of nitrogens with zero attached hydrogens (tertiary/aromatic N) is 2. The van der Waals surface area contributed by atoms with Crippen molar-refractivity contribution in [2.45, 2.75) is 4.90 Å². The molecule has 0 spiro atoms. The average molecular weight is 409 g/mol. The second-order valence-corrected chi connectivity index (χ2v) is 7.79. The lowest BCUT2D eigenvalue weighted by atomic mass is 10.2. The van der Waals surface area contributed by atoms with Crippen LogP contribution in [0, 0.1) is 0 Å². The van der Waals surface area contributed by atoms with Crippen LogP contribution in [0.1, 0.15) is 10.4 Å². The van der Waals surface area contributed by atoms with Crippen LogP contribution in [-0.2, 0) is 4.79 Å². The van der Waals surface area contributed by atoms with Crippen molar-refractivity contribution in [3.8, 4) is 0 Å². The molecule has 0 saturated carbocycles. The molecule has 2 amide bonds. The summed E-state index contributed by atoms with van der Waals surface area (Å²) in [6.45, 7) is 2.06. The summed E-state index contributed by atoms with van der Waals surface area (Å²) >= 11 is 13.5. The second-order valence-electron chi connectivity index (χ2n) is 5.90. The molecule has 2 aromatic rings. The van der Waals surface area contributed by atoms with Crippen molar-refractivity contribution in [2.75, 3.05) is 31.9 Å². The fourth-order valence-corrected chi connectivity index (χ4v) is 4.06. The molecular weight excluding hydrogens is 391 g/mol. The first-order valence-corrected chi connectivity index (χ1v) is 9.98. The van der Waals surface area contributed by atoms with Crippen LogP contribution < -0.4 is 0 Å². The minimum Gasteiger partial charge on any atom is -0.338 e. The fraction of sp³-hybridized carbons (Fsp3) is 0.263. The van der Waals surface area contributed by atoms with Crippen molar-refractivity contribution in [3.63, 3.8) is 0 Å². The lowest BCUT2D eigenvalue weighted by Crippen LogP contribution is -2.51. The Bertz CT molecular complexity index is 793. The van der Waals surface area contributed by atoms with E-state index in [4.69, 9.17) is 23.2 Å². The molecule has 0 aromatic heterocycles. The molecule has 1 fully saturated rings. The number of hydrogen-bond donors (Lipinski definition) is 0. The highest BCUT2D eigenvalue weighted by Gasteiger charge is 2.25. The number of rotatable bonds is 4. The molecule has 0 N–H and O–H groups in total. The van der Waals surface area contributed by atoms with Gasteiger partial charge in [0.05, 0.1) is 16.3 Å². The van der Waals surface area contributed by atoms with Gasteiger partial charge in [-0.15, -0.1) is 11.8 Å². The summed E-state index contributed by atoms with van der Waals surface area (Å²) in [5.74, 6) is 0.369. The van der Waals surface area contributed by atoms with Gasteiger partial charge in [-0.25, -0.2) is 0 Å². The maximum Gasteiger partial charge on any atom is 0.255 e. The van der Waals surface area contributed by atoms with Crippen LogP contribution in [0.15, 0.2) is 53.4 Å². The normalized spacial score (nSPS) is 14.4. The SMILES string of the molecule is O=C(CSc1ccccc1)N1CCN(C(=O)c2ccc(Cl)cc2Cl)CC1. The predicted molar refractivity (Wildman–Crippen MR) is 106 cm³/mol. The maximum absolute atomic E-state index is 12.6. The van der Waals surface area contributed by atoms with Gasteiger partial charge in [0.15, 0.2) is 0 Å². The standard InChI is InChI=1S/C19H18Cl2N2O2S/c20-14-6-7-16(17(21)12-14)19(25)23-10-8-22(9-11-23)18(24)13-26-15-4-2-1-3-5-15/h1-7,12H,8-11,13H2. The minimum absolute atomic E-state index is 0.0930. The summed E-state index contributed by atoms with van der Waals surface area (Å²) < 4.78 is 0. The zero-order chi connectivity index (χ0) is 18.5. The van der Waals surface area contributed by atoms with E-state index in [0.717, 1.165) is 4.90 Å². The van der Waals surface area contributed by atoms with E-state index in [0.29, 0.717) is 47.5 Å². The lowest BCUT2D eigenvalue weighted by Gasteiger charge is -2.35. The van der Waals surface area contributed by atoms with Gasteiger partial charge in [0, 0.05) is 36.1 Å². The van der Waals surface area contributed by atoms with Gasteiger partial charge in [0.25, 0.3) is 5.91 Å². The number of halogens is 2. The van der Waals surface area contributed by atoms with Crippen molar-refractivity contribution in [2.24, 2.45) is 0 Å². The van der Waals surface area contributed by atoms with Crippen LogP contribution >= 0.6 is 35.0 Å². The average Bonchev–Trinajstić information content (AvgIpc) is 2.66. The van der Waals surface area contributed by atoms with E-state index >= 15 is 0 Å². The summed E-state index contributed by atoms with van der Waals surface area (Å²) in [4.78, 5) is 29.6. The quantitative estimate of drug-likeness (QED) is 0.715. The zero-order valence-electron chi connectivity index (χ0n) is 14.0. The molecule has 26 heavy (non-hydrogen) atoms. The van der Waals surface area contributed by atoms with Crippen molar-refractivity contribution in [1.82, 2.24) is 9.80 Å². The molecule has 0 aliphatic carbocycles. The molecule has 0 radical (unpaired) electrons. The van der Waals surface area contributed by atoms with Crippen LogP contribution in [-0.4, -0.2) is 53.5 Å². The summed E-state index contributed by atoms with van der Waals surface area (Å²) in [5.41, 5.74) is 0.440. The zero-order valence-corrected chi connectivity index (χ0v) is 16.4. The molecule has 7 heteroatoms. The van der Waals surface area contributed by atoms with Gasteiger partial charge in [-0.2, -0.15) is 0 Å². The van der Waals surface area contributed by atoms with Crippen LogP contribution in [0.3, 0.4) is 0 Å². The largest absolute Gasteiger partial charge is 0.338 e. The van der Waals surface area contributed by atoms with Crippen LogP contribution in [0.4, 0.5) is 0 Å². The van der Waals surface area contributed by atoms with Crippen LogP contribution in [0.5, 0.6) is 0 Å². The van der Waals surface area contributed by atoms with Gasteiger partial charge in [-0.3, -0.25) is 9.59 Å². The number of amides is 2. The Balaban J connectivity index is 1.52. The Morgan fingerprint density at radius 1 is 0.923 bits per heavy atom. The van der Waals surface area contributed by atoms with Gasteiger partial charge >= 0.3 is 0 Å². The molecule has 1 heterocycles. The monoisotopic (exact) mass is 408 g/mol. The van der Waals surface area contributed by atoms with Gasteiger partial charge in [0.1, 0.15) is 0 Å². The number of benzene rings is 2. The number of carbonyl (C=O) groups excluding carboxylic acids is 2. The van der Waals surface area contributed by atoms with E-state index in [-0.39, 0.29) is 11.8 Å². The van der Waals surface area contributed by atoms with E-state index in [9.17, 15) is 9.59 Å². The molecule has 0 unspecified atom stereocenters. The number of thioether (sulfide) groups is 1. The van der Waals surface area contributed by atoms with E-state index in [1.807, 2.05) is 35.2 Å². The molecule has 1 aliphatic rings. The summed E-state index contributed by atoms with van der Waals surface area (Å²) in [5, 5.41) is 0.846. The third-order valence-corrected chi connectivity index (χ3v) is 5.73. The molecule has 0 bridgehead atoms. The molecule has 3 rings (SSSR count). The first-order valence-electron chi connectivity index (χ1n) is 8.24. The maximum atomic E-state index is 12.6. The van der Waals surface area contributed by atoms with Gasteiger partial charge in [-0.1, -0.05) is 41.4 Å². The Morgan fingerprint density at radius 3 is 2.23 bits per heavy atom. The molecule has 1 aliphatic heterocycles. The minimum atomic E-state index is -0.127. The third kappa shape index (κ3) is 4.72. The number of carbonyl (C=O) groups is 2. The van der Waals surface area contributed by atoms with E-state index in [2.05, 4.69) is 0 Å². The number of piperazine rings is 1. The molecule has 4 nitrogen and oxygen atoms in total. The second kappa shape index (κ2) is 8.80. The summed E-state index contributed by atoms with van der Waals surface area (Å²) in [7, 11) is 0. The van der Waals surface area contributed by atoms with Gasteiger partial charge in [0.2, 0.25) is 5.91 Å². The lowest BCUT2D eigenvalue weighted by molar-refractivity contribution is -0.129. The van der Waals surface area contributed by atoms with Crippen molar-refractivity contribution < 1.29 is 9.59 Å². The Labute approximate surface area is 167 Å². The van der Waals surface area contributed by atoms with E-state index in [1.54, 1.807) is 23.1 Å². The van der Waals surface area contributed by atoms with E-state index in [1.165, 1.54) is 11.8 Å². The molecule has 136 valence electrons. The predicted octanol–water partition coefficient (Wildman–Crippen LogP) is 4.07. The highest BCUT2D eigenvalue weighted by atomic mass is 35.5. The molecule has 2 aromatic carbocycles. The topological polar surface area (TPSA) is 40.6 Å². The van der Waals surface area contributed by atoms with Crippen molar-refractivity contribution in [3.05, 3.63) is 64.1 Å². The summed E-state index contributed by atoms with van der Waals surface area (Å²) in [6.07, 6.45) is 0. The van der Waals surface area contributed by atoms with Crippen molar-refractivity contribution >= 4 is 46.8 Å². The van der Waals surface area contributed by atoms with Crippen molar-refractivity contribution in [1.29, 1.82) is 0 Å². The highest BCUT2D eigenvalue weighted by molar-refractivity contribution is 8.00. The molecular formula is C19H18Cl2N2O2S.